The van der Waals surface area contributed by atoms with E-state index in [1.165, 1.54) is 6.20 Å². The van der Waals surface area contributed by atoms with Crippen LogP contribution >= 0.6 is 0 Å². The lowest BCUT2D eigenvalue weighted by Crippen LogP contribution is -2.27. The molecule has 1 aliphatic heterocycles. The molecule has 1 fully saturated rings. The van der Waals surface area contributed by atoms with E-state index in [1.54, 1.807) is 6.07 Å². The molecule has 5 rings (SSSR count). The monoisotopic (exact) mass is 475 g/mol. The molecule has 3 aromatic rings. The SMILES string of the molecule is CC(C)(C)c1cccc(Nc2nc(Nc3cc4c(cc3F)CNCC4)ncc2C(=O)NC2CC2)n1. The topological polar surface area (TPSA) is 104 Å². The van der Waals surface area contributed by atoms with Crippen LogP contribution in [0.2, 0.25) is 0 Å². The van der Waals surface area contributed by atoms with E-state index in [-0.39, 0.29) is 29.1 Å². The third-order valence-corrected chi connectivity index (χ3v) is 6.13. The fourth-order valence-electron chi connectivity index (χ4n) is 3.96. The molecule has 0 unspecified atom stereocenters. The highest BCUT2D eigenvalue weighted by Gasteiger charge is 2.26. The lowest BCUT2D eigenvalue weighted by molar-refractivity contribution is 0.0951. The summed E-state index contributed by atoms with van der Waals surface area (Å²) in [6.07, 6.45) is 4.23. The lowest BCUT2D eigenvalue weighted by Gasteiger charge is -2.20. The summed E-state index contributed by atoms with van der Waals surface area (Å²) in [5.74, 6) is 0.439. The second-order valence-corrected chi connectivity index (χ2v) is 10.1. The number of benzene rings is 1. The van der Waals surface area contributed by atoms with Gasteiger partial charge in [-0.25, -0.2) is 14.4 Å². The maximum absolute atomic E-state index is 14.8. The average Bonchev–Trinajstić information content (AvgIpc) is 3.63. The van der Waals surface area contributed by atoms with Crippen molar-refractivity contribution in [1.82, 2.24) is 25.6 Å². The first-order valence-electron chi connectivity index (χ1n) is 12.0. The van der Waals surface area contributed by atoms with Gasteiger partial charge < -0.3 is 21.3 Å². The first-order chi connectivity index (χ1) is 16.8. The molecule has 35 heavy (non-hydrogen) atoms. The predicted molar refractivity (Wildman–Crippen MR) is 134 cm³/mol. The van der Waals surface area contributed by atoms with Gasteiger partial charge in [0, 0.05) is 29.9 Å². The molecule has 4 N–H and O–H groups in total. The number of halogens is 1. The van der Waals surface area contributed by atoms with Crippen LogP contribution in [0, 0.1) is 5.82 Å². The lowest BCUT2D eigenvalue weighted by atomic mass is 9.92. The van der Waals surface area contributed by atoms with Crippen LogP contribution in [-0.4, -0.2) is 33.4 Å². The van der Waals surface area contributed by atoms with Gasteiger partial charge in [-0.05, 0) is 61.2 Å². The quantitative estimate of drug-likeness (QED) is 0.421. The zero-order valence-electron chi connectivity index (χ0n) is 20.2. The minimum absolute atomic E-state index is 0.137. The zero-order valence-corrected chi connectivity index (χ0v) is 20.2. The minimum Gasteiger partial charge on any atom is -0.349 e. The number of hydrogen-bond donors (Lipinski definition) is 4. The van der Waals surface area contributed by atoms with Gasteiger partial charge in [-0.1, -0.05) is 26.8 Å². The first-order valence-corrected chi connectivity index (χ1v) is 12.0. The van der Waals surface area contributed by atoms with E-state index in [9.17, 15) is 9.18 Å². The largest absolute Gasteiger partial charge is 0.349 e. The second kappa shape index (κ2) is 9.22. The molecule has 0 bridgehead atoms. The average molecular weight is 476 g/mol. The van der Waals surface area contributed by atoms with Gasteiger partial charge in [0.25, 0.3) is 5.91 Å². The van der Waals surface area contributed by atoms with Crippen LogP contribution < -0.4 is 21.3 Å². The Kier molecular flexibility index (Phi) is 6.10. The number of fused-ring (bicyclic) bond motifs is 1. The highest BCUT2D eigenvalue weighted by molar-refractivity contribution is 5.99. The van der Waals surface area contributed by atoms with Crippen LogP contribution in [0.4, 0.5) is 27.7 Å². The fraction of sp³-hybridized carbons (Fsp3) is 0.385. The number of nitrogens with one attached hydrogen (secondary N) is 4. The summed E-state index contributed by atoms with van der Waals surface area (Å²) in [6.45, 7) is 7.77. The number of nitrogens with zero attached hydrogens (tertiary/aromatic N) is 3. The molecule has 0 spiro atoms. The van der Waals surface area contributed by atoms with E-state index < -0.39 is 0 Å². The van der Waals surface area contributed by atoms with E-state index in [4.69, 9.17) is 4.98 Å². The van der Waals surface area contributed by atoms with E-state index in [1.807, 2.05) is 24.3 Å². The van der Waals surface area contributed by atoms with E-state index in [2.05, 4.69) is 52.0 Å². The van der Waals surface area contributed by atoms with Crippen molar-refractivity contribution in [1.29, 1.82) is 0 Å². The molecule has 0 radical (unpaired) electrons. The van der Waals surface area contributed by atoms with Crippen molar-refractivity contribution in [3.8, 4) is 0 Å². The van der Waals surface area contributed by atoms with Crippen LogP contribution in [0.3, 0.4) is 0 Å². The summed E-state index contributed by atoms with van der Waals surface area (Å²) in [5.41, 5.74) is 3.43. The van der Waals surface area contributed by atoms with Crippen molar-refractivity contribution < 1.29 is 9.18 Å². The number of pyridine rings is 1. The number of carbonyl (C=O) groups excluding carboxylic acids is 1. The van der Waals surface area contributed by atoms with Crippen LogP contribution in [0.1, 0.15) is 60.8 Å². The summed E-state index contributed by atoms with van der Waals surface area (Å²) in [5, 5.41) is 12.4. The summed E-state index contributed by atoms with van der Waals surface area (Å²) < 4.78 is 14.8. The highest BCUT2D eigenvalue weighted by atomic mass is 19.1. The zero-order chi connectivity index (χ0) is 24.6. The molecule has 2 aromatic heterocycles. The smallest absolute Gasteiger partial charge is 0.256 e. The maximum Gasteiger partial charge on any atom is 0.256 e. The summed E-state index contributed by atoms with van der Waals surface area (Å²) in [6, 6.07) is 9.25. The van der Waals surface area contributed by atoms with Crippen LogP contribution in [-0.2, 0) is 18.4 Å². The van der Waals surface area contributed by atoms with Gasteiger partial charge in [-0.3, -0.25) is 4.79 Å². The molecule has 1 amide bonds. The number of rotatable bonds is 6. The Hall–Kier alpha value is -3.59. The third kappa shape index (κ3) is 5.40. The Labute approximate surface area is 204 Å². The molecular formula is C26H30FN7O. The van der Waals surface area contributed by atoms with Gasteiger partial charge in [0.15, 0.2) is 0 Å². The van der Waals surface area contributed by atoms with Gasteiger partial charge in [-0.15, -0.1) is 0 Å². The molecular weight excluding hydrogens is 445 g/mol. The Morgan fingerprint density at radius 2 is 1.94 bits per heavy atom. The molecule has 1 aliphatic carbocycles. The number of aromatic nitrogens is 3. The van der Waals surface area contributed by atoms with Crippen LogP contribution in [0.15, 0.2) is 36.5 Å². The minimum atomic E-state index is -0.374. The number of hydrogen-bond acceptors (Lipinski definition) is 7. The molecule has 182 valence electrons. The molecule has 0 atom stereocenters. The molecule has 2 aliphatic rings. The Balaban J connectivity index is 1.46. The van der Waals surface area contributed by atoms with Crippen LogP contribution in [0.5, 0.6) is 0 Å². The number of carbonyl (C=O) groups is 1. The Morgan fingerprint density at radius 3 is 2.71 bits per heavy atom. The highest BCUT2D eigenvalue weighted by Crippen LogP contribution is 2.28. The van der Waals surface area contributed by atoms with Crippen molar-refractivity contribution >= 4 is 29.2 Å². The van der Waals surface area contributed by atoms with Crippen molar-refractivity contribution in [2.24, 2.45) is 0 Å². The summed E-state index contributed by atoms with van der Waals surface area (Å²) in [7, 11) is 0. The molecule has 3 heterocycles. The molecule has 1 aromatic carbocycles. The molecule has 1 saturated carbocycles. The van der Waals surface area contributed by atoms with E-state index >= 15 is 0 Å². The molecule has 9 heteroatoms. The Morgan fingerprint density at radius 1 is 1.11 bits per heavy atom. The summed E-state index contributed by atoms with van der Waals surface area (Å²) in [4.78, 5) is 26.4. The number of amides is 1. The van der Waals surface area contributed by atoms with Gasteiger partial charge >= 0.3 is 0 Å². The van der Waals surface area contributed by atoms with Gasteiger partial charge in [0.2, 0.25) is 5.95 Å². The standard InChI is InChI=1S/C26H30FN7O/c1-26(2,3)21-5-4-6-22(32-21)33-23-18(24(35)30-17-7-8-17)14-29-25(34-23)31-20-12-15-9-10-28-13-16(15)11-19(20)27/h4-6,11-12,14,17,28H,7-10,13H2,1-3H3,(H,30,35)(H2,29,31,32,33,34). The number of anilines is 4. The van der Waals surface area contributed by atoms with Crippen molar-refractivity contribution in [2.75, 3.05) is 17.2 Å². The summed E-state index contributed by atoms with van der Waals surface area (Å²) >= 11 is 0. The molecule has 0 saturated heterocycles. The maximum atomic E-state index is 14.8. The third-order valence-electron chi connectivity index (χ3n) is 6.13. The second-order valence-electron chi connectivity index (χ2n) is 10.1. The van der Waals surface area contributed by atoms with Crippen molar-refractivity contribution in [2.45, 2.75) is 58.0 Å². The normalized spacial score (nSPS) is 15.3. The van der Waals surface area contributed by atoms with E-state index in [0.29, 0.717) is 29.4 Å². The Bertz CT molecular complexity index is 1270. The van der Waals surface area contributed by atoms with Gasteiger partial charge in [0.1, 0.15) is 23.0 Å². The van der Waals surface area contributed by atoms with Crippen molar-refractivity contribution in [3.05, 3.63) is 64.7 Å². The fourth-order valence-corrected chi connectivity index (χ4v) is 3.96. The van der Waals surface area contributed by atoms with Gasteiger partial charge in [-0.2, -0.15) is 4.98 Å². The molecule has 8 nitrogen and oxygen atoms in total. The predicted octanol–water partition coefficient (Wildman–Crippen LogP) is 4.33. The van der Waals surface area contributed by atoms with Crippen molar-refractivity contribution in [3.63, 3.8) is 0 Å². The van der Waals surface area contributed by atoms with Gasteiger partial charge in [0.05, 0.1) is 5.69 Å². The van der Waals surface area contributed by atoms with E-state index in [0.717, 1.165) is 42.6 Å². The first kappa shape index (κ1) is 23.2. The van der Waals surface area contributed by atoms with Crippen LogP contribution in [0.25, 0.3) is 0 Å².